The highest BCUT2D eigenvalue weighted by Crippen LogP contribution is 2.32. The lowest BCUT2D eigenvalue weighted by molar-refractivity contribution is 0.0988. The summed E-state index contributed by atoms with van der Waals surface area (Å²) >= 11 is 0. The summed E-state index contributed by atoms with van der Waals surface area (Å²) in [5.74, 6) is 0.640. The Morgan fingerprint density at radius 2 is 2.17 bits per heavy atom. The standard InChI is InChI=1S/C15H21NO2/c1-3-15(18)12-6-4-5-7-13(12)16-9-8-11(2)14(16)10-17/h4-7,11,14,17H,3,8-10H2,1-2H3. The molecule has 2 unspecified atom stereocenters. The lowest BCUT2D eigenvalue weighted by atomic mass is 10.0. The molecule has 0 aliphatic carbocycles. The molecule has 0 aromatic heterocycles. The fourth-order valence-electron chi connectivity index (χ4n) is 2.74. The van der Waals surface area contributed by atoms with Gasteiger partial charge in [0.15, 0.2) is 5.78 Å². The Labute approximate surface area is 108 Å². The Hall–Kier alpha value is -1.35. The zero-order chi connectivity index (χ0) is 13.1. The number of hydrogen-bond acceptors (Lipinski definition) is 3. The summed E-state index contributed by atoms with van der Waals surface area (Å²) in [7, 11) is 0. The van der Waals surface area contributed by atoms with Crippen molar-refractivity contribution in [3.63, 3.8) is 0 Å². The third kappa shape index (κ3) is 2.27. The van der Waals surface area contributed by atoms with Crippen LogP contribution in [0.2, 0.25) is 0 Å². The molecule has 0 radical (unpaired) electrons. The fraction of sp³-hybridized carbons (Fsp3) is 0.533. The molecule has 0 bridgehead atoms. The van der Waals surface area contributed by atoms with Gasteiger partial charge in [-0.1, -0.05) is 26.0 Å². The predicted octanol–water partition coefficient (Wildman–Crippen LogP) is 2.49. The molecule has 1 aromatic rings. The maximum absolute atomic E-state index is 12.0. The Kier molecular flexibility index (Phi) is 4.02. The first-order valence-electron chi connectivity index (χ1n) is 6.68. The van der Waals surface area contributed by atoms with E-state index in [9.17, 15) is 9.90 Å². The van der Waals surface area contributed by atoms with Gasteiger partial charge in [0, 0.05) is 24.2 Å². The second kappa shape index (κ2) is 5.53. The van der Waals surface area contributed by atoms with Gasteiger partial charge in [-0.15, -0.1) is 0 Å². The molecule has 1 fully saturated rings. The Balaban J connectivity index is 2.36. The topological polar surface area (TPSA) is 40.5 Å². The van der Waals surface area contributed by atoms with Crippen LogP contribution >= 0.6 is 0 Å². The highest BCUT2D eigenvalue weighted by molar-refractivity contribution is 6.01. The van der Waals surface area contributed by atoms with Gasteiger partial charge in [-0.2, -0.15) is 0 Å². The minimum atomic E-state index is 0.135. The van der Waals surface area contributed by atoms with Gasteiger partial charge < -0.3 is 10.0 Å². The molecule has 18 heavy (non-hydrogen) atoms. The van der Waals surface area contributed by atoms with Crippen molar-refractivity contribution in [2.75, 3.05) is 18.1 Å². The molecule has 1 heterocycles. The molecule has 1 aromatic carbocycles. The molecule has 3 nitrogen and oxygen atoms in total. The minimum absolute atomic E-state index is 0.135. The number of aliphatic hydroxyl groups is 1. The molecular formula is C15H21NO2. The van der Waals surface area contributed by atoms with Crippen molar-refractivity contribution in [1.82, 2.24) is 0 Å². The van der Waals surface area contributed by atoms with Crippen molar-refractivity contribution in [2.45, 2.75) is 32.7 Å². The lowest BCUT2D eigenvalue weighted by Crippen LogP contribution is -2.36. The Morgan fingerprint density at radius 3 is 2.83 bits per heavy atom. The molecule has 0 amide bonds. The molecule has 2 rings (SSSR count). The van der Waals surface area contributed by atoms with Crippen molar-refractivity contribution >= 4 is 11.5 Å². The number of carbonyl (C=O) groups excluding carboxylic acids is 1. The first-order chi connectivity index (χ1) is 8.69. The van der Waals surface area contributed by atoms with Gasteiger partial charge in [0.2, 0.25) is 0 Å². The average Bonchev–Trinajstić information content (AvgIpc) is 2.78. The minimum Gasteiger partial charge on any atom is -0.394 e. The van der Waals surface area contributed by atoms with Crippen molar-refractivity contribution in [3.05, 3.63) is 29.8 Å². The van der Waals surface area contributed by atoms with E-state index in [1.54, 1.807) is 0 Å². The summed E-state index contributed by atoms with van der Waals surface area (Å²) in [6.45, 7) is 5.11. The Morgan fingerprint density at radius 1 is 1.44 bits per heavy atom. The van der Waals surface area contributed by atoms with Crippen LogP contribution in [0.15, 0.2) is 24.3 Å². The summed E-state index contributed by atoms with van der Waals surface area (Å²) in [5.41, 5.74) is 1.76. The van der Waals surface area contributed by atoms with Gasteiger partial charge in [-0.25, -0.2) is 0 Å². The summed E-state index contributed by atoms with van der Waals surface area (Å²) in [4.78, 5) is 14.2. The molecule has 2 atom stereocenters. The normalized spacial score (nSPS) is 23.4. The van der Waals surface area contributed by atoms with Crippen molar-refractivity contribution in [1.29, 1.82) is 0 Å². The molecule has 1 saturated heterocycles. The zero-order valence-electron chi connectivity index (χ0n) is 11.1. The van der Waals surface area contributed by atoms with Crippen LogP contribution in [0.3, 0.4) is 0 Å². The molecular weight excluding hydrogens is 226 g/mol. The molecule has 1 aliphatic heterocycles. The second-order valence-corrected chi connectivity index (χ2v) is 5.00. The molecule has 1 aliphatic rings. The number of Topliss-reactive ketones (excluding diaryl/α,β-unsaturated/α-hetero) is 1. The number of anilines is 1. The zero-order valence-corrected chi connectivity index (χ0v) is 11.1. The van der Waals surface area contributed by atoms with E-state index >= 15 is 0 Å². The number of rotatable bonds is 4. The van der Waals surface area contributed by atoms with Gasteiger partial charge in [0.1, 0.15) is 0 Å². The third-order valence-electron chi connectivity index (χ3n) is 3.90. The number of benzene rings is 1. The van der Waals surface area contributed by atoms with E-state index in [0.29, 0.717) is 12.3 Å². The van der Waals surface area contributed by atoms with Crippen LogP contribution in [0.1, 0.15) is 37.0 Å². The van der Waals surface area contributed by atoms with Gasteiger partial charge in [0.05, 0.1) is 12.6 Å². The van der Waals surface area contributed by atoms with E-state index in [0.717, 1.165) is 24.2 Å². The lowest BCUT2D eigenvalue weighted by Gasteiger charge is -2.29. The van der Waals surface area contributed by atoms with Crippen LogP contribution in [-0.2, 0) is 0 Å². The molecule has 0 saturated carbocycles. The Bertz CT molecular complexity index is 430. The summed E-state index contributed by atoms with van der Waals surface area (Å²) in [5, 5.41) is 9.53. The summed E-state index contributed by atoms with van der Waals surface area (Å²) in [6.07, 6.45) is 1.59. The van der Waals surface area contributed by atoms with E-state index in [1.165, 1.54) is 0 Å². The van der Waals surface area contributed by atoms with E-state index in [4.69, 9.17) is 0 Å². The number of hydrogen-bond donors (Lipinski definition) is 1. The average molecular weight is 247 g/mol. The largest absolute Gasteiger partial charge is 0.394 e. The van der Waals surface area contributed by atoms with Crippen LogP contribution < -0.4 is 4.90 Å². The van der Waals surface area contributed by atoms with E-state index < -0.39 is 0 Å². The van der Waals surface area contributed by atoms with Gasteiger partial charge >= 0.3 is 0 Å². The van der Waals surface area contributed by atoms with Crippen LogP contribution in [0.25, 0.3) is 0 Å². The van der Waals surface area contributed by atoms with Crippen molar-refractivity contribution in [2.24, 2.45) is 5.92 Å². The molecule has 1 N–H and O–H groups in total. The molecule has 98 valence electrons. The van der Waals surface area contributed by atoms with Crippen LogP contribution in [0.5, 0.6) is 0 Å². The van der Waals surface area contributed by atoms with Gasteiger partial charge in [0.25, 0.3) is 0 Å². The number of nitrogens with zero attached hydrogens (tertiary/aromatic N) is 1. The first kappa shape index (κ1) is 13.1. The number of aliphatic hydroxyl groups excluding tert-OH is 1. The predicted molar refractivity (Wildman–Crippen MR) is 73.1 cm³/mol. The van der Waals surface area contributed by atoms with Crippen molar-refractivity contribution in [3.8, 4) is 0 Å². The SMILES string of the molecule is CCC(=O)c1ccccc1N1CCC(C)C1CO. The highest BCUT2D eigenvalue weighted by atomic mass is 16.3. The monoisotopic (exact) mass is 247 g/mol. The van der Waals surface area contributed by atoms with E-state index in [1.807, 2.05) is 31.2 Å². The smallest absolute Gasteiger partial charge is 0.164 e. The van der Waals surface area contributed by atoms with Crippen LogP contribution in [0, 0.1) is 5.92 Å². The maximum atomic E-state index is 12.0. The highest BCUT2D eigenvalue weighted by Gasteiger charge is 2.32. The number of carbonyl (C=O) groups is 1. The van der Waals surface area contributed by atoms with Crippen LogP contribution in [-0.4, -0.2) is 30.1 Å². The second-order valence-electron chi connectivity index (χ2n) is 5.00. The number of ketones is 1. The van der Waals surface area contributed by atoms with E-state index in [2.05, 4.69) is 11.8 Å². The quantitative estimate of drug-likeness (QED) is 0.831. The molecule has 0 spiro atoms. The summed E-state index contributed by atoms with van der Waals surface area (Å²) in [6, 6.07) is 7.87. The fourth-order valence-corrected chi connectivity index (χ4v) is 2.74. The number of para-hydroxylation sites is 1. The molecule has 3 heteroatoms. The van der Waals surface area contributed by atoms with Crippen molar-refractivity contribution < 1.29 is 9.90 Å². The van der Waals surface area contributed by atoms with Gasteiger partial charge in [-0.3, -0.25) is 4.79 Å². The third-order valence-corrected chi connectivity index (χ3v) is 3.90. The van der Waals surface area contributed by atoms with Gasteiger partial charge in [-0.05, 0) is 24.5 Å². The first-order valence-corrected chi connectivity index (χ1v) is 6.68. The van der Waals surface area contributed by atoms with Crippen LogP contribution in [0.4, 0.5) is 5.69 Å². The van der Waals surface area contributed by atoms with E-state index in [-0.39, 0.29) is 18.4 Å². The summed E-state index contributed by atoms with van der Waals surface area (Å²) < 4.78 is 0. The maximum Gasteiger partial charge on any atom is 0.164 e.